The number of amides is 2. The predicted octanol–water partition coefficient (Wildman–Crippen LogP) is 3.51. The highest BCUT2D eigenvalue weighted by Crippen LogP contribution is 2.20. The molecule has 154 valence electrons. The van der Waals surface area contributed by atoms with Crippen molar-refractivity contribution in [1.29, 1.82) is 0 Å². The molecule has 2 amide bonds. The molecule has 0 bridgehead atoms. The van der Waals surface area contributed by atoms with E-state index in [4.69, 9.17) is 4.74 Å². The topological polar surface area (TPSA) is 80.6 Å². The first-order valence-electron chi connectivity index (χ1n) is 9.85. The predicted molar refractivity (Wildman–Crippen MR) is 111 cm³/mol. The Morgan fingerprint density at radius 2 is 1.77 bits per heavy atom. The third-order valence-corrected chi connectivity index (χ3v) is 5.30. The standard InChI is InChI=1S/C22H23N5O3/c1-25(21(28)27-15-20(24-16-27)17-7-11-23-12-8-17)18-9-13-26(14-10-18)22(29)30-19-5-3-2-4-6-19/h2-8,11-12,15-16,18H,9-10,13-14H2,1H3. The van der Waals surface area contributed by atoms with Gasteiger partial charge in [0.2, 0.25) is 0 Å². The summed E-state index contributed by atoms with van der Waals surface area (Å²) in [6, 6.07) is 12.6. The average Bonchev–Trinajstić information content (AvgIpc) is 3.30. The van der Waals surface area contributed by atoms with Gasteiger partial charge in [-0.2, -0.15) is 0 Å². The van der Waals surface area contributed by atoms with Crippen molar-refractivity contribution in [3.8, 4) is 17.0 Å². The summed E-state index contributed by atoms with van der Waals surface area (Å²) in [6.45, 7) is 1.08. The van der Waals surface area contributed by atoms with Gasteiger partial charge >= 0.3 is 12.1 Å². The summed E-state index contributed by atoms with van der Waals surface area (Å²) >= 11 is 0. The number of benzene rings is 1. The van der Waals surface area contributed by atoms with Crippen molar-refractivity contribution in [2.24, 2.45) is 0 Å². The second kappa shape index (κ2) is 8.77. The van der Waals surface area contributed by atoms with Gasteiger partial charge in [-0.05, 0) is 37.1 Å². The molecule has 8 nitrogen and oxygen atoms in total. The van der Waals surface area contributed by atoms with Crippen LogP contribution in [0.2, 0.25) is 0 Å². The van der Waals surface area contributed by atoms with Gasteiger partial charge in [-0.15, -0.1) is 0 Å². The number of pyridine rings is 1. The summed E-state index contributed by atoms with van der Waals surface area (Å²) in [5.41, 5.74) is 1.63. The number of likely N-dealkylation sites (tertiary alicyclic amines) is 1. The van der Waals surface area contributed by atoms with Crippen molar-refractivity contribution in [2.75, 3.05) is 20.1 Å². The molecule has 1 aromatic carbocycles. The average molecular weight is 405 g/mol. The third kappa shape index (κ3) is 4.32. The number of aromatic nitrogens is 3. The molecule has 0 spiro atoms. The molecule has 4 rings (SSSR count). The van der Waals surface area contributed by atoms with E-state index in [2.05, 4.69) is 9.97 Å². The van der Waals surface area contributed by atoms with Crippen molar-refractivity contribution in [2.45, 2.75) is 18.9 Å². The van der Waals surface area contributed by atoms with Crippen LogP contribution >= 0.6 is 0 Å². The summed E-state index contributed by atoms with van der Waals surface area (Å²) in [5, 5.41) is 0. The van der Waals surface area contributed by atoms with Crippen LogP contribution in [0.25, 0.3) is 11.3 Å². The molecule has 1 aliphatic heterocycles. The van der Waals surface area contributed by atoms with Gasteiger partial charge in [-0.3, -0.25) is 9.55 Å². The highest BCUT2D eigenvalue weighted by molar-refractivity contribution is 5.78. The van der Waals surface area contributed by atoms with Crippen LogP contribution in [0.1, 0.15) is 12.8 Å². The zero-order valence-corrected chi connectivity index (χ0v) is 16.7. The van der Waals surface area contributed by atoms with Gasteiger partial charge in [0.1, 0.15) is 12.1 Å². The van der Waals surface area contributed by atoms with E-state index >= 15 is 0 Å². The fourth-order valence-electron chi connectivity index (χ4n) is 3.53. The Kier molecular flexibility index (Phi) is 5.74. The molecule has 1 aliphatic rings. The van der Waals surface area contributed by atoms with Gasteiger partial charge in [-0.1, -0.05) is 18.2 Å². The molecule has 0 unspecified atom stereocenters. The minimum absolute atomic E-state index is 0.0463. The molecular formula is C22H23N5O3. The van der Waals surface area contributed by atoms with Crippen LogP contribution in [-0.4, -0.2) is 62.6 Å². The van der Waals surface area contributed by atoms with Crippen LogP contribution in [-0.2, 0) is 0 Å². The Labute approximate surface area is 174 Å². The summed E-state index contributed by atoms with van der Waals surface area (Å²) in [6.07, 6.45) is 7.67. The number of carbonyl (C=O) groups is 2. The van der Waals surface area contributed by atoms with Crippen LogP contribution in [0.15, 0.2) is 67.4 Å². The maximum Gasteiger partial charge on any atom is 0.415 e. The highest BCUT2D eigenvalue weighted by Gasteiger charge is 2.29. The number of imidazole rings is 1. The van der Waals surface area contributed by atoms with Crippen molar-refractivity contribution in [1.82, 2.24) is 24.3 Å². The smallest absolute Gasteiger partial charge is 0.410 e. The second-order valence-corrected chi connectivity index (χ2v) is 7.19. The molecule has 3 heterocycles. The Morgan fingerprint density at radius 1 is 1.07 bits per heavy atom. The summed E-state index contributed by atoms with van der Waals surface area (Å²) in [4.78, 5) is 36.9. The maximum atomic E-state index is 12.9. The molecule has 2 aromatic heterocycles. The fraction of sp³-hybridized carbons (Fsp3) is 0.273. The van der Waals surface area contributed by atoms with E-state index in [1.165, 1.54) is 10.9 Å². The highest BCUT2D eigenvalue weighted by atomic mass is 16.6. The molecule has 0 aliphatic carbocycles. The first-order chi connectivity index (χ1) is 14.6. The lowest BCUT2D eigenvalue weighted by atomic mass is 10.0. The number of hydrogen-bond donors (Lipinski definition) is 0. The van der Waals surface area contributed by atoms with Crippen LogP contribution in [0.4, 0.5) is 9.59 Å². The normalized spacial score (nSPS) is 14.4. The number of para-hydroxylation sites is 1. The summed E-state index contributed by atoms with van der Waals surface area (Å²) in [7, 11) is 1.79. The number of piperidine rings is 1. The Bertz CT molecular complexity index is 998. The number of nitrogens with zero attached hydrogens (tertiary/aromatic N) is 5. The molecule has 1 saturated heterocycles. The van der Waals surface area contributed by atoms with E-state index < -0.39 is 0 Å². The van der Waals surface area contributed by atoms with Gasteiger partial charge in [0, 0.05) is 50.3 Å². The number of ether oxygens (including phenoxy) is 1. The van der Waals surface area contributed by atoms with E-state index in [1.807, 2.05) is 30.3 Å². The minimum Gasteiger partial charge on any atom is -0.410 e. The molecule has 0 saturated carbocycles. The minimum atomic E-state index is -0.356. The Morgan fingerprint density at radius 3 is 2.47 bits per heavy atom. The van der Waals surface area contributed by atoms with Crippen molar-refractivity contribution >= 4 is 12.1 Å². The van der Waals surface area contributed by atoms with Gasteiger partial charge in [0.15, 0.2) is 0 Å². The quantitative estimate of drug-likeness (QED) is 0.666. The zero-order valence-electron chi connectivity index (χ0n) is 16.7. The molecule has 0 atom stereocenters. The van der Waals surface area contributed by atoms with Crippen LogP contribution < -0.4 is 4.74 Å². The Balaban J connectivity index is 1.33. The lowest BCUT2D eigenvalue weighted by Crippen LogP contribution is -2.48. The van der Waals surface area contributed by atoms with Crippen LogP contribution in [0, 0.1) is 0 Å². The lowest BCUT2D eigenvalue weighted by molar-refractivity contribution is 0.116. The summed E-state index contributed by atoms with van der Waals surface area (Å²) < 4.78 is 6.89. The molecule has 8 heteroatoms. The van der Waals surface area contributed by atoms with Crippen LogP contribution in [0.3, 0.4) is 0 Å². The maximum absolute atomic E-state index is 12.9. The van der Waals surface area contributed by atoms with Crippen molar-refractivity contribution in [3.05, 3.63) is 67.4 Å². The van der Waals surface area contributed by atoms with Gasteiger partial charge in [-0.25, -0.2) is 14.6 Å². The van der Waals surface area contributed by atoms with E-state index in [9.17, 15) is 9.59 Å². The third-order valence-electron chi connectivity index (χ3n) is 5.30. The van der Waals surface area contributed by atoms with Gasteiger partial charge in [0.25, 0.3) is 0 Å². The summed E-state index contributed by atoms with van der Waals surface area (Å²) in [5.74, 6) is 0.530. The first kappa shape index (κ1) is 19.6. The van der Waals surface area contributed by atoms with Gasteiger partial charge in [0.05, 0.1) is 5.69 Å². The fourth-order valence-corrected chi connectivity index (χ4v) is 3.53. The molecule has 1 fully saturated rings. The SMILES string of the molecule is CN(C(=O)n1cnc(-c2ccncc2)c1)C1CCN(C(=O)Oc2ccccc2)CC1. The second-order valence-electron chi connectivity index (χ2n) is 7.19. The van der Waals surface area contributed by atoms with E-state index in [1.54, 1.807) is 47.6 Å². The van der Waals surface area contributed by atoms with E-state index in [-0.39, 0.29) is 18.2 Å². The monoisotopic (exact) mass is 405 g/mol. The van der Waals surface area contributed by atoms with Crippen molar-refractivity contribution < 1.29 is 14.3 Å². The first-order valence-corrected chi connectivity index (χ1v) is 9.85. The lowest BCUT2D eigenvalue weighted by Gasteiger charge is -2.36. The molecule has 0 radical (unpaired) electrons. The largest absolute Gasteiger partial charge is 0.415 e. The van der Waals surface area contributed by atoms with E-state index in [0.717, 1.165) is 11.3 Å². The number of hydrogen-bond acceptors (Lipinski definition) is 5. The van der Waals surface area contributed by atoms with E-state index in [0.29, 0.717) is 31.7 Å². The van der Waals surface area contributed by atoms with Gasteiger partial charge < -0.3 is 14.5 Å². The molecular weight excluding hydrogens is 382 g/mol. The Hall–Kier alpha value is -3.68. The van der Waals surface area contributed by atoms with Crippen LogP contribution in [0.5, 0.6) is 5.75 Å². The number of rotatable bonds is 3. The number of carbonyl (C=O) groups excluding carboxylic acids is 2. The molecule has 30 heavy (non-hydrogen) atoms. The van der Waals surface area contributed by atoms with Crippen molar-refractivity contribution in [3.63, 3.8) is 0 Å². The molecule has 0 N–H and O–H groups in total. The zero-order chi connectivity index (χ0) is 20.9. The molecule has 3 aromatic rings.